The Morgan fingerprint density at radius 1 is 1.53 bits per heavy atom. The van der Waals surface area contributed by atoms with Gasteiger partial charge in [0.2, 0.25) is 5.91 Å². The van der Waals surface area contributed by atoms with Gasteiger partial charge in [0.15, 0.2) is 0 Å². The molecular weight excluding hydrogens is 219 g/mol. The molecule has 0 spiro atoms. The maximum Gasteiger partial charge on any atom is 0.241 e. The molecule has 0 saturated heterocycles. The van der Waals surface area contributed by atoms with Gasteiger partial charge in [-0.2, -0.15) is 0 Å². The standard InChI is InChI=1S/C13H19FN2O/c1-4-9(3)12(15)13(17)16-11-6-5-8(2)7-10(11)14/h5-7,9,12H,4,15H2,1-3H3,(H,16,17)/t9-,12-/m0/s1. The third kappa shape index (κ3) is 3.53. The van der Waals surface area contributed by atoms with E-state index in [0.717, 1.165) is 12.0 Å². The third-order valence-electron chi connectivity index (χ3n) is 2.94. The first-order chi connectivity index (χ1) is 7.95. The van der Waals surface area contributed by atoms with Gasteiger partial charge in [0, 0.05) is 0 Å². The maximum absolute atomic E-state index is 13.5. The summed E-state index contributed by atoms with van der Waals surface area (Å²) in [5.74, 6) is -0.708. The second-order valence-corrected chi connectivity index (χ2v) is 4.38. The Morgan fingerprint density at radius 3 is 2.71 bits per heavy atom. The summed E-state index contributed by atoms with van der Waals surface area (Å²) in [6.07, 6.45) is 0.810. The van der Waals surface area contributed by atoms with Gasteiger partial charge in [0.05, 0.1) is 11.7 Å². The Labute approximate surface area is 101 Å². The number of amides is 1. The van der Waals surface area contributed by atoms with Crippen molar-refractivity contribution in [3.63, 3.8) is 0 Å². The fourth-order valence-corrected chi connectivity index (χ4v) is 1.45. The summed E-state index contributed by atoms with van der Waals surface area (Å²) in [4.78, 5) is 11.7. The summed E-state index contributed by atoms with van der Waals surface area (Å²) >= 11 is 0. The molecule has 0 aliphatic rings. The summed E-state index contributed by atoms with van der Waals surface area (Å²) in [7, 11) is 0. The molecule has 0 aromatic heterocycles. The van der Waals surface area contributed by atoms with Gasteiger partial charge in [-0.25, -0.2) is 4.39 Å². The highest BCUT2D eigenvalue weighted by molar-refractivity contribution is 5.94. The lowest BCUT2D eigenvalue weighted by molar-refractivity contribution is -0.118. The molecule has 94 valence electrons. The SMILES string of the molecule is CC[C@H](C)[C@H](N)C(=O)Nc1ccc(C)cc1F. The molecule has 0 aliphatic heterocycles. The monoisotopic (exact) mass is 238 g/mol. The summed E-state index contributed by atoms with van der Waals surface area (Å²) in [5.41, 5.74) is 6.76. The van der Waals surface area contributed by atoms with E-state index in [1.807, 2.05) is 13.8 Å². The highest BCUT2D eigenvalue weighted by Crippen LogP contribution is 2.16. The van der Waals surface area contributed by atoms with Crippen LogP contribution in [0.1, 0.15) is 25.8 Å². The van der Waals surface area contributed by atoms with Crippen LogP contribution in [0.3, 0.4) is 0 Å². The van der Waals surface area contributed by atoms with Crippen LogP contribution in [0.15, 0.2) is 18.2 Å². The topological polar surface area (TPSA) is 55.1 Å². The predicted octanol–water partition coefficient (Wildman–Crippen LogP) is 2.45. The van der Waals surface area contributed by atoms with Crippen molar-refractivity contribution in [1.82, 2.24) is 0 Å². The largest absolute Gasteiger partial charge is 0.322 e. The van der Waals surface area contributed by atoms with Gasteiger partial charge in [-0.05, 0) is 30.5 Å². The highest BCUT2D eigenvalue weighted by atomic mass is 19.1. The van der Waals surface area contributed by atoms with Gasteiger partial charge in [-0.3, -0.25) is 4.79 Å². The molecule has 1 aromatic rings. The van der Waals surface area contributed by atoms with Crippen molar-refractivity contribution in [1.29, 1.82) is 0 Å². The average Bonchev–Trinajstić information content (AvgIpc) is 2.30. The molecule has 4 heteroatoms. The first kappa shape index (κ1) is 13.6. The zero-order valence-electron chi connectivity index (χ0n) is 10.5. The lowest BCUT2D eigenvalue weighted by Gasteiger charge is -2.18. The number of halogens is 1. The van der Waals surface area contributed by atoms with Crippen LogP contribution in [0.2, 0.25) is 0 Å². The van der Waals surface area contributed by atoms with Gasteiger partial charge in [-0.15, -0.1) is 0 Å². The smallest absolute Gasteiger partial charge is 0.241 e. The van der Waals surface area contributed by atoms with Gasteiger partial charge in [0.1, 0.15) is 5.82 Å². The molecule has 17 heavy (non-hydrogen) atoms. The first-order valence-electron chi connectivity index (χ1n) is 5.78. The summed E-state index contributed by atoms with van der Waals surface area (Å²) in [6.45, 7) is 5.65. The van der Waals surface area contributed by atoms with Crippen LogP contribution in [0.4, 0.5) is 10.1 Å². The van der Waals surface area contributed by atoms with Gasteiger partial charge in [-0.1, -0.05) is 26.3 Å². The zero-order chi connectivity index (χ0) is 13.0. The van der Waals surface area contributed by atoms with Crippen molar-refractivity contribution in [3.05, 3.63) is 29.6 Å². The molecule has 1 aromatic carbocycles. The molecule has 0 radical (unpaired) electrons. The fraction of sp³-hybridized carbons (Fsp3) is 0.462. The quantitative estimate of drug-likeness (QED) is 0.846. The maximum atomic E-state index is 13.5. The number of hydrogen-bond acceptors (Lipinski definition) is 2. The minimum atomic E-state index is -0.610. The Balaban J connectivity index is 2.74. The number of hydrogen-bond donors (Lipinski definition) is 2. The Hall–Kier alpha value is -1.42. The van der Waals surface area contributed by atoms with E-state index >= 15 is 0 Å². The molecule has 0 bridgehead atoms. The van der Waals surface area contributed by atoms with Crippen molar-refractivity contribution in [2.75, 3.05) is 5.32 Å². The van der Waals surface area contributed by atoms with E-state index in [1.165, 1.54) is 6.07 Å². The van der Waals surface area contributed by atoms with Crippen molar-refractivity contribution >= 4 is 11.6 Å². The fourth-order valence-electron chi connectivity index (χ4n) is 1.45. The highest BCUT2D eigenvalue weighted by Gasteiger charge is 2.20. The minimum Gasteiger partial charge on any atom is -0.322 e. The Kier molecular flexibility index (Phi) is 4.63. The molecule has 3 nitrogen and oxygen atoms in total. The second kappa shape index (κ2) is 5.77. The number of anilines is 1. The lowest BCUT2D eigenvalue weighted by Crippen LogP contribution is -2.40. The molecule has 3 N–H and O–H groups in total. The van der Waals surface area contributed by atoms with E-state index in [-0.39, 0.29) is 17.5 Å². The molecule has 1 amide bonds. The van der Waals surface area contributed by atoms with Crippen LogP contribution >= 0.6 is 0 Å². The molecular formula is C13H19FN2O. The molecule has 1 rings (SSSR count). The average molecular weight is 238 g/mol. The second-order valence-electron chi connectivity index (χ2n) is 4.38. The molecule has 0 aliphatic carbocycles. The summed E-state index contributed by atoms with van der Waals surface area (Å²) in [6, 6.07) is 4.06. The molecule has 0 heterocycles. The number of carbonyl (C=O) groups excluding carboxylic acids is 1. The molecule has 0 unspecified atom stereocenters. The van der Waals surface area contributed by atoms with Crippen LogP contribution in [0.5, 0.6) is 0 Å². The normalized spacial score (nSPS) is 14.2. The number of carbonyl (C=O) groups is 1. The third-order valence-corrected chi connectivity index (χ3v) is 2.94. The van der Waals surface area contributed by atoms with Crippen LogP contribution in [0.25, 0.3) is 0 Å². The van der Waals surface area contributed by atoms with Crippen molar-refractivity contribution in [2.45, 2.75) is 33.2 Å². The molecule has 0 fully saturated rings. The van der Waals surface area contributed by atoms with Crippen LogP contribution in [0, 0.1) is 18.7 Å². The van der Waals surface area contributed by atoms with Gasteiger partial charge >= 0.3 is 0 Å². The van der Waals surface area contributed by atoms with Crippen molar-refractivity contribution in [2.24, 2.45) is 11.7 Å². The van der Waals surface area contributed by atoms with E-state index in [2.05, 4.69) is 5.32 Å². The first-order valence-corrected chi connectivity index (χ1v) is 5.78. The Bertz CT molecular complexity index is 406. The van der Waals surface area contributed by atoms with Gasteiger partial charge in [0.25, 0.3) is 0 Å². The number of nitrogens with two attached hydrogens (primary N) is 1. The van der Waals surface area contributed by atoms with E-state index in [1.54, 1.807) is 19.1 Å². The molecule has 2 atom stereocenters. The van der Waals surface area contributed by atoms with Crippen molar-refractivity contribution in [3.8, 4) is 0 Å². The van der Waals surface area contributed by atoms with Crippen molar-refractivity contribution < 1.29 is 9.18 Å². The Morgan fingerprint density at radius 2 is 2.18 bits per heavy atom. The van der Waals surface area contributed by atoms with E-state index in [4.69, 9.17) is 5.73 Å². The number of nitrogens with one attached hydrogen (secondary N) is 1. The summed E-state index contributed by atoms with van der Waals surface area (Å²) < 4.78 is 13.5. The van der Waals surface area contributed by atoms with Crippen LogP contribution in [-0.2, 0) is 4.79 Å². The summed E-state index contributed by atoms with van der Waals surface area (Å²) in [5, 5.41) is 2.51. The lowest BCUT2D eigenvalue weighted by atomic mass is 9.99. The number of aryl methyl sites for hydroxylation is 1. The van der Waals surface area contributed by atoms with E-state index in [0.29, 0.717) is 0 Å². The zero-order valence-corrected chi connectivity index (χ0v) is 10.5. The molecule has 0 saturated carbocycles. The number of benzene rings is 1. The van der Waals surface area contributed by atoms with Crippen LogP contribution < -0.4 is 11.1 Å². The van der Waals surface area contributed by atoms with E-state index in [9.17, 15) is 9.18 Å². The van der Waals surface area contributed by atoms with E-state index < -0.39 is 11.9 Å². The minimum absolute atomic E-state index is 0.0727. The van der Waals surface area contributed by atoms with Gasteiger partial charge < -0.3 is 11.1 Å². The number of rotatable bonds is 4. The van der Waals surface area contributed by atoms with Crippen LogP contribution in [-0.4, -0.2) is 11.9 Å². The predicted molar refractivity (Wildman–Crippen MR) is 67.2 cm³/mol.